The Morgan fingerprint density at radius 2 is 2.21 bits per heavy atom. The molecule has 0 unspecified atom stereocenters. The average Bonchev–Trinajstić information content (AvgIpc) is 3.14. The van der Waals surface area contributed by atoms with Gasteiger partial charge < -0.3 is 10.4 Å². The number of aromatic nitrogens is 4. The van der Waals surface area contributed by atoms with E-state index in [1.54, 1.807) is 22.4 Å². The minimum Gasteiger partial charge on any atom is -0.494 e. The van der Waals surface area contributed by atoms with E-state index in [2.05, 4.69) is 15.4 Å². The van der Waals surface area contributed by atoms with Crippen molar-refractivity contribution in [2.24, 2.45) is 5.92 Å². The molecule has 8 nitrogen and oxygen atoms in total. The maximum Gasteiger partial charge on any atom is 0.291 e. The maximum absolute atomic E-state index is 12.9. The Balaban J connectivity index is 1.87. The lowest BCUT2D eigenvalue weighted by Crippen LogP contribution is -2.34. The van der Waals surface area contributed by atoms with Crippen LogP contribution in [0.4, 0.5) is 0 Å². The second-order valence-electron chi connectivity index (χ2n) is 7.34. The van der Waals surface area contributed by atoms with Gasteiger partial charge in [0.15, 0.2) is 5.56 Å². The van der Waals surface area contributed by atoms with Crippen LogP contribution in [0.25, 0.3) is 17.8 Å². The molecule has 0 spiro atoms. The summed E-state index contributed by atoms with van der Waals surface area (Å²) in [7, 11) is 0. The summed E-state index contributed by atoms with van der Waals surface area (Å²) in [5.74, 6) is -0.700. The second kappa shape index (κ2) is 7.23. The van der Waals surface area contributed by atoms with Gasteiger partial charge in [0.2, 0.25) is 5.88 Å². The molecular weight excluding hydrogens is 378 g/mol. The molecule has 1 aliphatic rings. The monoisotopic (exact) mass is 399 g/mol. The van der Waals surface area contributed by atoms with Crippen LogP contribution in [0.1, 0.15) is 48.3 Å². The molecule has 3 aromatic heterocycles. The van der Waals surface area contributed by atoms with Crippen molar-refractivity contribution in [2.75, 3.05) is 0 Å². The van der Waals surface area contributed by atoms with E-state index < -0.39 is 11.5 Å². The van der Waals surface area contributed by atoms with E-state index in [9.17, 15) is 14.7 Å². The number of hydrogen-bond acceptors (Lipinski definition) is 6. The summed E-state index contributed by atoms with van der Waals surface area (Å²) in [4.78, 5) is 29.7. The number of rotatable bonds is 6. The van der Waals surface area contributed by atoms with Gasteiger partial charge in [-0.25, -0.2) is 4.98 Å². The zero-order chi connectivity index (χ0) is 19.8. The van der Waals surface area contributed by atoms with Gasteiger partial charge >= 0.3 is 0 Å². The third-order valence-electron chi connectivity index (χ3n) is 4.48. The first-order chi connectivity index (χ1) is 13.5. The lowest BCUT2D eigenvalue weighted by molar-refractivity contribution is 0.0944. The molecule has 28 heavy (non-hydrogen) atoms. The predicted octanol–water partition coefficient (Wildman–Crippen LogP) is 2.38. The van der Waals surface area contributed by atoms with E-state index in [-0.39, 0.29) is 23.4 Å². The molecule has 9 heteroatoms. The normalized spacial score (nSPS) is 14.4. The average molecular weight is 399 g/mol. The third kappa shape index (κ3) is 3.45. The van der Waals surface area contributed by atoms with E-state index in [0.29, 0.717) is 17.8 Å². The molecule has 1 saturated carbocycles. The summed E-state index contributed by atoms with van der Waals surface area (Å²) < 4.78 is 2.77. The van der Waals surface area contributed by atoms with Crippen LogP contribution in [-0.2, 0) is 6.54 Å². The van der Waals surface area contributed by atoms with Gasteiger partial charge in [0, 0.05) is 23.5 Å². The zero-order valence-electron chi connectivity index (χ0n) is 15.6. The van der Waals surface area contributed by atoms with Crippen LogP contribution >= 0.6 is 11.3 Å². The summed E-state index contributed by atoms with van der Waals surface area (Å²) in [6, 6.07) is 0.0785. The molecule has 0 aromatic carbocycles. The van der Waals surface area contributed by atoms with E-state index in [4.69, 9.17) is 0 Å². The van der Waals surface area contributed by atoms with Crippen LogP contribution < -0.4 is 10.9 Å². The van der Waals surface area contributed by atoms with Gasteiger partial charge in [0.05, 0.1) is 17.4 Å². The Morgan fingerprint density at radius 1 is 1.43 bits per heavy atom. The summed E-state index contributed by atoms with van der Waals surface area (Å²) in [5, 5.41) is 19.7. The summed E-state index contributed by atoms with van der Waals surface area (Å²) in [5.41, 5.74) is 2.76. The van der Waals surface area contributed by atoms with Crippen molar-refractivity contribution in [1.29, 1.82) is 0 Å². The Bertz CT molecular complexity index is 1110. The molecule has 1 fully saturated rings. The van der Waals surface area contributed by atoms with Crippen molar-refractivity contribution in [3.8, 4) is 5.88 Å². The fourth-order valence-corrected chi connectivity index (χ4v) is 3.55. The number of thiazole rings is 1. The largest absolute Gasteiger partial charge is 0.494 e. The molecule has 0 aliphatic heterocycles. The number of amides is 1. The van der Waals surface area contributed by atoms with E-state index in [1.807, 2.05) is 25.3 Å². The van der Waals surface area contributed by atoms with Crippen molar-refractivity contribution in [3.05, 3.63) is 44.3 Å². The first kappa shape index (κ1) is 18.4. The SMILES string of the molecule is CC(C)Cn1c(O)c(C(=O)NC2CC2)c(=O)n2ncc(C=Cc3cscn3)c12. The van der Waals surface area contributed by atoms with Gasteiger partial charge in [-0.05, 0) is 30.9 Å². The molecule has 0 atom stereocenters. The molecular formula is C19H21N5O3S. The first-order valence-electron chi connectivity index (χ1n) is 9.16. The lowest BCUT2D eigenvalue weighted by Gasteiger charge is -2.17. The van der Waals surface area contributed by atoms with Crippen molar-refractivity contribution in [3.63, 3.8) is 0 Å². The van der Waals surface area contributed by atoms with E-state index in [0.717, 1.165) is 18.5 Å². The molecule has 2 N–H and O–H groups in total. The van der Waals surface area contributed by atoms with Crippen LogP contribution in [0.3, 0.4) is 0 Å². The molecule has 0 bridgehead atoms. The topological polar surface area (TPSA) is 102 Å². The van der Waals surface area contributed by atoms with Crippen LogP contribution in [0.2, 0.25) is 0 Å². The predicted molar refractivity (Wildman–Crippen MR) is 107 cm³/mol. The highest BCUT2D eigenvalue weighted by Gasteiger charge is 2.29. The molecule has 3 aromatic rings. The fourth-order valence-electron chi connectivity index (χ4n) is 3.03. The summed E-state index contributed by atoms with van der Waals surface area (Å²) >= 11 is 1.49. The van der Waals surface area contributed by atoms with Gasteiger partial charge in [-0.3, -0.25) is 14.2 Å². The first-order valence-corrected chi connectivity index (χ1v) is 10.1. The smallest absolute Gasteiger partial charge is 0.291 e. The minimum absolute atomic E-state index is 0.0785. The standard InChI is InChI=1S/C19H21N5O3S/c1-11(2)8-23-17-12(3-4-14-9-28-10-20-14)7-21-24(17)19(27)15(18(23)26)16(25)22-13-5-6-13/h3-4,7,9-11,13,26H,5-6,8H2,1-2H3,(H,22,25). The van der Waals surface area contributed by atoms with Gasteiger partial charge in [0.25, 0.3) is 11.5 Å². The maximum atomic E-state index is 12.9. The molecule has 0 saturated heterocycles. The number of carbonyl (C=O) groups is 1. The van der Waals surface area contributed by atoms with E-state index in [1.165, 1.54) is 15.9 Å². The Labute approximate surface area is 165 Å². The molecule has 3 heterocycles. The molecule has 4 rings (SSSR count). The Hall–Kier alpha value is -2.94. The number of nitrogens with zero attached hydrogens (tertiary/aromatic N) is 4. The highest BCUT2D eigenvalue weighted by atomic mass is 32.1. The van der Waals surface area contributed by atoms with Gasteiger partial charge in [-0.15, -0.1) is 11.3 Å². The van der Waals surface area contributed by atoms with Crippen molar-refractivity contribution in [1.82, 2.24) is 24.5 Å². The minimum atomic E-state index is -0.626. The van der Waals surface area contributed by atoms with Gasteiger partial charge in [-0.2, -0.15) is 9.61 Å². The third-order valence-corrected chi connectivity index (χ3v) is 5.09. The highest BCUT2D eigenvalue weighted by molar-refractivity contribution is 7.07. The molecule has 0 radical (unpaired) electrons. The van der Waals surface area contributed by atoms with Crippen LogP contribution in [0, 0.1) is 5.92 Å². The highest BCUT2D eigenvalue weighted by Crippen LogP contribution is 2.25. The number of aromatic hydroxyl groups is 1. The summed E-state index contributed by atoms with van der Waals surface area (Å²) in [6.07, 6.45) is 6.96. The van der Waals surface area contributed by atoms with Crippen LogP contribution in [-0.4, -0.2) is 36.2 Å². The summed E-state index contributed by atoms with van der Waals surface area (Å²) in [6.45, 7) is 4.43. The number of nitrogens with one attached hydrogen (secondary N) is 1. The number of fused-ring (bicyclic) bond motifs is 1. The van der Waals surface area contributed by atoms with E-state index >= 15 is 0 Å². The number of hydrogen-bond donors (Lipinski definition) is 2. The van der Waals surface area contributed by atoms with Crippen molar-refractivity contribution >= 4 is 35.0 Å². The fraction of sp³-hybridized carbons (Fsp3) is 0.368. The second-order valence-corrected chi connectivity index (χ2v) is 8.06. The molecule has 1 aliphatic carbocycles. The molecule has 146 valence electrons. The quantitative estimate of drug-likeness (QED) is 0.663. The van der Waals surface area contributed by atoms with Crippen LogP contribution in [0.15, 0.2) is 21.9 Å². The Kier molecular flexibility index (Phi) is 4.76. The van der Waals surface area contributed by atoms with Crippen molar-refractivity contribution < 1.29 is 9.90 Å². The number of carbonyl (C=O) groups excluding carboxylic acids is 1. The van der Waals surface area contributed by atoms with Gasteiger partial charge in [-0.1, -0.05) is 13.8 Å². The zero-order valence-corrected chi connectivity index (χ0v) is 16.4. The van der Waals surface area contributed by atoms with Crippen LogP contribution in [0.5, 0.6) is 5.88 Å². The van der Waals surface area contributed by atoms with Crippen molar-refractivity contribution in [2.45, 2.75) is 39.3 Å². The lowest BCUT2D eigenvalue weighted by atomic mass is 10.2. The molecule has 1 amide bonds. The van der Waals surface area contributed by atoms with Gasteiger partial charge in [0.1, 0.15) is 5.65 Å². The Morgan fingerprint density at radius 3 is 2.86 bits per heavy atom.